The fraction of sp³-hybridized carbons (Fsp3) is 0.0667. The van der Waals surface area contributed by atoms with Crippen LogP contribution < -0.4 is 5.32 Å². The van der Waals surface area contributed by atoms with Crippen molar-refractivity contribution in [3.63, 3.8) is 0 Å². The van der Waals surface area contributed by atoms with Crippen LogP contribution in [-0.4, -0.2) is 20.1 Å². The average Bonchev–Trinajstić information content (AvgIpc) is 3.13. The van der Waals surface area contributed by atoms with E-state index in [1.165, 1.54) is 0 Å². The van der Waals surface area contributed by atoms with Gasteiger partial charge in [-0.1, -0.05) is 24.8 Å². The van der Waals surface area contributed by atoms with Gasteiger partial charge in [0, 0.05) is 24.0 Å². The third kappa shape index (κ3) is 2.09. The SMILES string of the molecule is C=CC(NC(=O)n1ccc2ccccc21)n1ccnc1. The number of para-hydroxylation sites is 1. The van der Waals surface area contributed by atoms with Gasteiger partial charge in [0.1, 0.15) is 6.17 Å². The van der Waals surface area contributed by atoms with Gasteiger partial charge in [-0.05, 0) is 18.2 Å². The summed E-state index contributed by atoms with van der Waals surface area (Å²) < 4.78 is 3.36. The van der Waals surface area contributed by atoms with E-state index in [1.54, 1.807) is 40.1 Å². The number of fused-ring (bicyclic) bond motifs is 1. The van der Waals surface area contributed by atoms with Gasteiger partial charge in [0.2, 0.25) is 0 Å². The summed E-state index contributed by atoms with van der Waals surface area (Å²) in [5.74, 6) is 0. The zero-order valence-corrected chi connectivity index (χ0v) is 10.8. The summed E-state index contributed by atoms with van der Waals surface area (Å²) in [6, 6.07) is 9.45. The van der Waals surface area contributed by atoms with Gasteiger partial charge in [-0.25, -0.2) is 9.78 Å². The zero-order chi connectivity index (χ0) is 13.9. The number of amides is 1. The van der Waals surface area contributed by atoms with E-state index in [1.807, 2.05) is 30.3 Å². The lowest BCUT2D eigenvalue weighted by Crippen LogP contribution is -2.33. The molecule has 0 saturated heterocycles. The van der Waals surface area contributed by atoms with Crippen molar-refractivity contribution in [2.75, 3.05) is 0 Å². The maximum Gasteiger partial charge on any atom is 0.327 e. The van der Waals surface area contributed by atoms with Gasteiger partial charge >= 0.3 is 6.03 Å². The van der Waals surface area contributed by atoms with E-state index < -0.39 is 0 Å². The van der Waals surface area contributed by atoms with Crippen molar-refractivity contribution < 1.29 is 4.79 Å². The molecule has 2 aromatic heterocycles. The summed E-state index contributed by atoms with van der Waals surface area (Å²) in [5, 5.41) is 3.92. The predicted molar refractivity (Wildman–Crippen MR) is 77.3 cm³/mol. The Morgan fingerprint density at radius 2 is 2.15 bits per heavy atom. The van der Waals surface area contributed by atoms with E-state index in [0.29, 0.717) is 0 Å². The summed E-state index contributed by atoms with van der Waals surface area (Å²) in [6.45, 7) is 3.74. The molecule has 20 heavy (non-hydrogen) atoms. The number of nitrogens with one attached hydrogen (secondary N) is 1. The molecule has 1 N–H and O–H groups in total. The van der Waals surface area contributed by atoms with Crippen LogP contribution in [0.15, 0.2) is 67.9 Å². The molecule has 0 aliphatic heterocycles. The summed E-state index contributed by atoms with van der Waals surface area (Å²) in [6.07, 6.45) is 8.17. The lowest BCUT2D eigenvalue weighted by molar-refractivity contribution is 0.238. The topological polar surface area (TPSA) is 51.9 Å². The second-order valence-corrected chi connectivity index (χ2v) is 4.38. The molecular weight excluding hydrogens is 252 g/mol. The van der Waals surface area contributed by atoms with Crippen molar-refractivity contribution in [1.29, 1.82) is 0 Å². The highest BCUT2D eigenvalue weighted by Crippen LogP contribution is 2.15. The molecule has 1 amide bonds. The van der Waals surface area contributed by atoms with E-state index >= 15 is 0 Å². The van der Waals surface area contributed by atoms with Crippen molar-refractivity contribution >= 4 is 16.9 Å². The Kier molecular flexibility index (Phi) is 3.09. The lowest BCUT2D eigenvalue weighted by atomic mass is 10.2. The standard InChI is InChI=1S/C15H14N4O/c1-2-14(18-10-8-16-11-18)17-15(20)19-9-7-12-5-3-4-6-13(12)19/h2-11,14H,1H2,(H,17,20). The molecule has 0 bridgehead atoms. The van der Waals surface area contributed by atoms with Gasteiger partial charge in [0.25, 0.3) is 0 Å². The van der Waals surface area contributed by atoms with Crippen LogP contribution in [0.1, 0.15) is 6.17 Å². The number of hydrogen-bond acceptors (Lipinski definition) is 2. The number of nitrogens with zero attached hydrogens (tertiary/aromatic N) is 3. The van der Waals surface area contributed by atoms with Gasteiger partial charge in [-0.2, -0.15) is 0 Å². The van der Waals surface area contributed by atoms with E-state index in [-0.39, 0.29) is 12.2 Å². The minimum atomic E-state index is -0.328. The third-order valence-electron chi connectivity index (χ3n) is 3.16. The highest BCUT2D eigenvalue weighted by molar-refractivity contribution is 5.91. The molecule has 1 aromatic carbocycles. The van der Waals surface area contributed by atoms with Crippen LogP contribution in [0.25, 0.3) is 10.9 Å². The molecule has 0 aliphatic rings. The first-order valence-electron chi connectivity index (χ1n) is 6.26. The Bertz CT molecular complexity index is 742. The van der Waals surface area contributed by atoms with Crippen LogP contribution >= 0.6 is 0 Å². The molecule has 3 rings (SSSR count). The quantitative estimate of drug-likeness (QED) is 0.741. The van der Waals surface area contributed by atoms with Crippen LogP contribution in [0.3, 0.4) is 0 Å². The third-order valence-corrected chi connectivity index (χ3v) is 3.16. The predicted octanol–water partition coefficient (Wildman–Crippen LogP) is 2.78. The van der Waals surface area contributed by atoms with Gasteiger partial charge < -0.3 is 9.88 Å². The molecule has 0 saturated carbocycles. The lowest BCUT2D eigenvalue weighted by Gasteiger charge is -2.16. The molecule has 1 unspecified atom stereocenters. The van der Waals surface area contributed by atoms with Crippen molar-refractivity contribution in [2.24, 2.45) is 0 Å². The van der Waals surface area contributed by atoms with Crippen molar-refractivity contribution in [2.45, 2.75) is 6.17 Å². The Morgan fingerprint density at radius 3 is 2.90 bits per heavy atom. The van der Waals surface area contributed by atoms with Gasteiger partial charge in [-0.3, -0.25) is 4.57 Å². The molecule has 0 aliphatic carbocycles. The summed E-state index contributed by atoms with van der Waals surface area (Å²) in [4.78, 5) is 16.3. The van der Waals surface area contributed by atoms with Crippen LogP contribution in [0, 0.1) is 0 Å². The Morgan fingerprint density at radius 1 is 1.30 bits per heavy atom. The molecule has 2 heterocycles. The van der Waals surface area contributed by atoms with Crippen molar-refractivity contribution in [3.8, 4) is 0 Å². The van der Waals surface area contributed by atoms with Gasteiger partial charge in [-0.15, -0.1) is 0 Å². The molecular formula is C15H14N4O. The largest absolute Gasteiger partial charge is 0.327 e. The first kappa shape index (κ1) is 12.2. The summed E-state index contributed by atoms with van der Waals surface area (Å²) in [7, 11) is 0. The Labute approximate surface area is 116 Å². The zero-order valence-electron chi connectivity index (χ0n) is 10.8. The first-order valence-corrected chi connectivity index (χ1v) is 6.26. The molecule has 3 aromatic rings. The van der Waals surface area contributed by atoms with Gasteiger partial charge in [0.05, 0.1) is 11.8 Å². The van der Waals surface area contributed by atoms with E-state index in [2.05, 4.69) is 16.9 Å². The molecule has 5 nitrogen and oxygen atoms in total. The van der Waals surface area contributed by atoms with Crippen LogP contribution in [0.2, 0.25) is 0 Å². The minimum Gasteiger partial charge on any atom is -0.313 e. The number of benzene rings is 1. The highest BCUT2D eigenvalue weighted by Gasteiger charge is 2.13. The molecule has 0 radical (unpaired) electrons. The second-order valence-electron chi connectivity index (χ2n) is 4.38. The molecule has 5 heteroatoms. The minimum absolute atomic E-state index is 0.204. The number of carbonyl (C=O) groups excluding carboxylic acids is 1. The number of imidazole rings is 1. The monoisotopic (exact) mass is 266 g/mol. The Hall–Kier alpha value is -2.82. The molecule has 0 spiro atoms. The average molecular weight is 266 g/mol. The van der Waals surface area contributed by atoms with Crippen LogP contribution in [0.5, 0.6) is 0 Å². The second kappa shape index (κ2) is 5.05. The van der Waals surface area contributed by atoms with Crippen LogP contribution in [-0.2, 0) is 0 Å². The normalized spacial score (nSPS) is 12.2. The summed E-state index contributed by atoms with van der Waals surface area (Å²) in [5.41, 5.74) is 0.874. The van der Waals surface area contributed by atoms with E-state index in [4.69, 9.17) is 0 Å². The molecule has 1 atom stereocenters. The highest BCUT2D eigenvalue weighted by atomic mass is 16.2. The van der Waals surface area contributed by atoms with E-state index in [9.17, 15) is 4.79 Å². The fourth-order valence-electron chi connectivity index (χ4n) is 2.15. The summed E-state index contributed by atoms with van der Waals surface area (Å²) >= 11 is 0. The fourth-order valence-corrected chi connectivity index (χ4v) is 2.15. The molecule has 0 fully saturated rings. The number of hydrogen-bond donors (Lipinski definition) is 1. The number of aromatic nitrogens is 3. The van der Waals surface area contributed by atoms with E-state index in [0.717, 1.165) is 10.9 Å². The maximum absolute atomic E-state index is 12.4. The number of rotatable bonds is 3. The maximum atomic E-state index is 12.4. The van der Waals surface area contributed by atoms with Crippen molar-refractivity contribution in [1.82, 2.24) is 19.4 Å². The van der Waals surface area contributed by atoms with Crippen molar-refractivity contribution in [3.05, 3.63) is 67.9 Å². The molecule has 100 valence electrons. The first-order chi connectivity index (χ1) is 9.79. The van der Waals surface area contributed by atoms with Gasteiger partial charge in [0.15, 0.2) is 0 Å². The smallest absolute Gasteiger partial charge is 0.313 e. The number of carbonyl (C=O) groups is 1. The Balaban J connectivity index is 1.87. The van der Waals surface area contributed by atoms with Crippen LogP contribution in [0.4, 0.5) is 4.79 Å².